The van der Waals surface area contributed by atoms with Gasteiger partial charge in [0.2, 0.25) is 0 Å². The average molecular weight is 250 g/mol. The highest BCUT2D eigenvalue weighted by Crippen LogP contribution is 2.24. The van der Waals surface area contributed by atoms with Crippen LogP contribution in [-0.2, 0) is 0 Å². The van der Waals surface area contributed by atoms with Crippen molar-refractivity contribution < 1.29 is 4.79 Å². The van der Waals surface area contributed by atoms with Crippen LogP contribution in [0.5, 0.6) is 0 Å². The summed E-state index contributed by atoms with van der Waals surface area (Å²) in [4.78, 5) is 12.3. The molecule has 2 aromatic carbocycles. The van der Waals surface area contributed by atoms with E-state index in [1.165, 1.54) is 30.2 Å². The fraction of sp³-hybridized carbons (Fsp3) is 0.278. The Labute approximate surface area is 113 Å². The van der Waals surface area contributed by atoms with E-state index < -0.39 is 0 Å². The van der Waals surface area contributed by atoms with Crippen molar-refractivity contribution >= 4 is 16.6 Å². The second-order valence-corrected chi connectivity index (χ2v) is 5.29. The average Bonchev–Trinajstić information content (AvgIpc) is 2.48. The van der Waals surface area contributed by atoms with Crippen LogP contribution in [0.2, 0.25) is 0 Å². The molecule has 1 aliphatic rings. The normalized spacial score (nSPS) is 15.5. The van der Waals surface area contributed by atoms with E-state index in [0.29, 0.717) is 0 Å². The molecule has 96 valence electrons. The number of rotatable bonds is 2. The Bertz CT molecular complexity index is 629. The molecule has 0 amide bonds. The zero-order chi connectivity index (χ0) is 13.1. The quantitative estimate of drug-likeness (QED) is 0.546. The molecular weight excluding hydrogens is 232 g/mol. The molecule has 3 rings (SSSR count). The Morgan fingerprint density at radius 2 is 1.63 bits per heavy atom. The van der Waals surface area contributed by atoms with E-state index in [-0.39, 0.29) is 5.78 Å². The van der Waals surface area contributed by atoms with E-state index in [0.717, 1.165) is 23.8 Å². The van der Waals surface area contributed by atoms with E-state index in [9.17, 15) is 4.79 Å². The molecule has 0 N–H and O–H groups in total. The van der Waals surface area contributed by atoms with E-state index in [1.54, 1.807) is 0 Å². The van der Waals surface area contributed by atoms with Crippen molar-refractivity contribution in [1.82, 2.24) is 0 Å². The van der Waals surface area contributed by atoms with Crippen molar-refractivity contribution in [3.05, 3.63) is 59.7 Å². The SMILES string of the molecule is O=C(C=C1CCCCC1)c1ccc2ccccc2c1. The highest BCUT2D eigenvalue weighted by Gasteiger charge is 2.09. The maximum absolute atomic E-state index is 12.3. The minimum Gasteiger partial charge on any atom is -0.289 e. The van der Waals surface area contributed by atoms with Crippen molar-refractivity contribution in [2.45, 2.75) is 32.1 Å². The zero-order valence-electron chi connectivity index (χ0n) is 11.1. The van der Waals surface area contributed by atoms with Crippen LogP contribution in [0.15, 0.2) is 54.1 Å². The molecule has 1 heteroatoms. The lowest BCUT2D eigenvalue weighted by molar-refractivity contribution is 0.104. The first-order chi connectivity index (χ1) is 9.33. The molecule has 0 heterocycles. The number of carbonyl (C=O) groups is 1. The number of benzene rings is 2. The third-order valence-corrected chi connectivity index (χ3v) is 3.86. The molecule has 0 radical (unpaired) electrons. The molecule has 0 aromatic heterocycles. The summed E-state index contributed by atoms with van der Waals surface area (Å²) in [6.07, 6.45) is 7.83. The van der Waals surface area contributed by atoms with Crippen molar-refractivity contribution in [2.75, 3.05) is 0 Å². The number of hydrogen-bond acceptors (Lipinski definition) is 1. The minimum atomic E-state index is 0.155. The fourth-order valence-electron chi connectivity index (χ4n) is 2.76. The van der Waals surface area contributed by atoms with Crippen LogP contribution < -0.4 is 0 Å². The second-order valence-electron chi connectivity index (χ2n) is 5.29. The first-order valence-electron chi connectivity index (χ1n) is 7.05. The first-order valence-corrected chi connectivity index (χ1v) is 7.05. The van der Waals surface area contributed by atoms with Gasteiger partial charge in [0.05, 0.1) is 0 Å². The van der Waals surface area contributed by atoms with Crippen molar-refractivity contribution in [2.24, 2.45) is 0 Å². The molecule has 1 nitrogen and oxygen atoms in total. The van der Waals surface area contributed by atoms with Crippen molar-refractivity contribution in [1.29, 1.82) is 0 Å². The molecule has 19 heavy (non-hydrogen) atoms. The fourth-order valence-corrected chi connectivity index (χ4v) is 2.76. The van der Waals surface area contributed by atoms with Gasteiger partial charge < -0.3 is 0 Å². The summed E-state index contributed by atoms with van der Waals surface area (Å²) in [5, 5.41) is 2.32. The van der Waals surface area contributed by atoms with Crippen molar-refractivity contribution in [3.63, 3.8) is 0 Å². The lowest BCUT2D eigenvalue weighted by Gasteiger charge is -2.12. The predicted molar refractivity (Wildman–Crippen MR) is 79.4 cm³/mol. The molecule has 2 aromatic rings. The van der Waals surface area contributed by atoms with Gasteiger partial charge >= 0.3 is 0 Å². The number of carbonyl (C=O) groups excluding carboxylic acids is 1. The van der Waals surface area contributed by atoms with Gasteiger partial charge in [-0.1, -0.05) is 48.4 Å². The molecule has 0 unspecified atom stereocenters. The summed E-state index contributed by atoms with van der Waals surface area (Å²) >= 11 is 0. The summed E-state index contributed by atoms with van der Waals surface area (Å²) in [6.45, 7) is 0. The van der Waals surface area contributed by atoms with Crippen LogP contribution in [0.25, 0.3) is 10.8 Å². The molecule has 1 aliphatic carbocycles. The summed E-state index contributed by atoms with van der Waals surface area (Å²) in [6, 6.07) is 14.1. The van der Waals surface area contributed by atoms with E-state index in [2.05, 4.69) is 12.1 Å². The van der Waals surface area contributed by atoms with E-state index in [4.69, 9.17) is 0 Å². The zero-order valence-corrected chi connectivity index (χ0v) is 11.1. The lowest BCUT2D eigenvalue weighted by atomic mass is 9.93. The molecule has 0 aliphatic heterocycles. The number of ketones is 1. The molecular formula is C18H18O. The predicted octanol–water partition coefficient (Wildman–Crippen LogP) is 4.91. The number of hydrogen-bond donors (Lipinski definition) is 0. The minimum absolute atomic E-state index is 0.155. The third kappa shape index (κ3) is 2.76. The molecule has 0 saturated heterocycles. The van der Waals surface area contributed by atoms with Crippen LogP contribution in [0.1, 0.15) is 42.5 Å². The Balaban J connectivity index is 1.88. The van der Waals surface area contributed by atoms with Gasteiger partial charge in [0.25, 0.3) is 0 Å². The molecule has 1 fully saturated rings. The Hall–Kier alpha value is -1.89. The first kappa shape index (κ1) is 12.2. The largest absolute Gasteiger partial charge is 0.289 e. The molecule has 1 saturated carbocycles. The maximum atomic E-state index is 12.3. The monoisotopic (exact) mass is 250 g/mol. The summed E-state index contributed by atoms with van der Waals surface area (Å²) in [5.41, 5.74) is 2.13. The third-order valence-electron chi connectivity index (χ3n) is 3.86. The Kier molecular flexibility index (Phi) is 3.45. The van der Waals surface area contributed by atoms with E-state index >= 15 is 0 Å². The van der Waals surface area contributed by atoms with Gasteiger partial charge in [-0.2, -0.15) is 0 Å². The van der Waals surface area contributed by atoms with Crippen LogP contribution in [-0.4, -0.2) is 5.78 Å². The highest BCUT2D eigenvalue weighted by atomic mass is 16.1. The van der Waals surface area contributed by atoms with Gasteiger partial charge in [-0.15, -0.1) is 0 Å². The summed E-state index contributed by atoms with van der Waals surface area (Å²) in [5.74, 6) is 0.155. The maximum Gasteiger partial charge on any atom is 0.185 e. The molecule has 0 atom stereocenters. The second kappa shape index (κ2) is 5.40. The lowest BCUT2D eigenvalue weighted by Crippen LogP contribution is -2.00. The van der Waals surface area contributed by atoms with Gasteiger partial charge in [0.15, 0.2) is 5.78 Å². The van der Waals surface area contributed by atoms with Crippen LogP contribution >= 0.6 is 0 Å². The smallest absolute Gasteiger partial charge is 0.185 e. The van der Waals surface area contributed by atoms with Gasteiger partial charge in [0, 0.05) is 5.56 Å². The van der Waals surface area contributed by atoms with Gasteiger partial charge in [-0.05, 0) is 48.6 Å². The molecule has 0 spiro atoms. The summed E-state index contributed by atoms with van der Waals surface area (Å²) in [7, 11) is 0. The topological polar surface area (TPSA) is 17.1 Å². The van der Waals surface area contributed by atoms with E-state index in [1.807, 2.05) is 36.4 Å². The van der Waals surface area contributed by atoms with Gasteiger partial charge in [-0.25, -0.2) is 0 Å². The van der Waals surface area contributed by atoms with Gasteiger partial charge in [0.1, 0.15) is 0 Å². The number of fused-ring (bicyclic) bond motifs is 1. The number of allylic oxidation sites excluding steroid dienone is 2. The highest BCUT2D eigenvalue weighted by molar-refractivity contribution is 6.07. The standard InChI is InChI=1S/C18H18O/c19-18(12-14-6-2-1-3-7-14)17-11-10-15-8-4-5-9-16(15)13-17/h4-5,8-13H,1-3,6-7H2. The van der Waals surface area contributed by atoms with Crippen molar-refractivity contribution in [3.8, 4) is 0 Å². The van der Waals surface area contributed by atoms with Gasteiger partial charge in [-0.3, -0.25) is 4.79 Å². The van der Waals surface area contributed by atoms with Crippen LogP contribution in [0.4, 0.5) is 0 Å². The summed E-state index contributed by atoms with van der Waals surface area (Å²) < 4.78 is 0. The Morgan fingerprint density at radius 1 is 0.895 bits per heavy atom. The Morgan fingerprint density at radius 3 is 2.42 bits per heavy atom. The molecule has 0 bridgehead atoms. The van der Waals surface area contributed by atoms with Crippen LogP contribution in [0, 0.1) is 0 Å². The van der Waals surface area contributed by atoms with Crippen LogP contribution in [0.3, 0.4) is 0 Å².